The molecule has 0 saturated carbocycles. The zero-order valence-electron chi connectivity index (χ0n) is 13.7. The molecule has 2 aromatic carbocycles. The third-order valence-corrected chi connectivity index (χ3v) is 5.13. The highest BCUT2D eigenvalue weighted by Gasteiger charge is 2.11. The normalized spacial score (nSPS) is 11.9. The van der Waals surface area contributed by atoms with E-state index in [2.05, 4.69) is 9.71 Å². The van der Waals surface area contributed by atoms with Crippen molar-refractivity contribution in [2.24, 2.45) is 0 Å². The van der Waals surface area contributed by atoms with Crippen LogP contribution < -0.4 is 4.72 Å². The minimum Gasteiger partial charge on any atom is -0.441 e. The van der Waals surface area contributed by atoms with E-state index in [1.165, 1.54) is 0 Å². The minimum atomic E-state index is -3.34. The van der Waals surface area contributed by atoms with Crippen LogP contribution in [0.2, 0.25) is 0 Å². The average molecular weight is 344 g/mol. The standard InChI is InChI=1S/C18H20N2O3S/c1-13-3-5-16(6-4-13)12-24(21,22)19-10-9-15-7-8-18-17(11-15)20-14(2)23-18/h3-8,11,19H,9-10,12H2,1-2H3. The number of fused-ring (bicyclic) bond motifs is 1. The van der Waals surface area contributed by atoms with Crippen molar-refractivity contribution in [2.75, 3.05) is 6.54 Å². The van der Waals surface area contributed by atoms with E-state index in [1.807, 2.05) is 49.4 Å². The molecule has 1 heterocycles. The second kappa shape index (κ2) is 6.75. The van der Waals surface area contributed by atoms with Crippen molar-refractivity contribution in [2.45, 2.75) is 26.0 Å². The number of aromatic nitrogens is 1. The van der Waals surface area contributed by atoms with Crippen molar-refractivity contribution < 1.29 is 12.8 Å². The van der Waals surface area contributed by atoms with Gasteiger partial charge in [-0.2, -0.15) is 0 Å². The summed E-state index contributed by atoms with van der Waals surface area (Å²) in [6.45, 7) is 4.14. The molecule has 24 heavy (non-hydrogen) atoms. The summed E-state index contributed by atoms with van der Waals surface area (Å²) in [5, 5.41) is 0. The van der Waals surface area contributed by atoms with Gasteiger partial charge in [0, 0.05) is 13.5 Å². The molecule has 0 bridgehead atoms. The lowest BCUT2D eigenvalue weighted by Gasteiger charge is -2.07. The van der Waals surface area contributed by atoms with E-state index >= 15 is 0 Å². The van der Waals surface area contributed by atoms with Gasteiger partial charge >= 0.3 is 0 Å². The molecule has 0 spiro atoms. The Bertz CT molecular complexity index is 944. The van der Waals surface area contributed by atoms with Crippen LogP contribution in [0, 0.1) is 13.8 Å². The highest BCUT2D eigenvalue weighted by atomic mass is 32.2. The van der Waals surface area contributed by atoms with E-state index in [1.54, 1.807) is 6.92 Å². The first kappa shape index (κ1) is 16.7. The van der Waals surface area contributed by atoms with Crippen LogP contribution in [-0.4, -0.2) is 19.9 Å². The number of benzene rings is 2. The highest BCUT2D eigenvalue weighted by Crippen LogP contribution is 2.17. The fourth-order valence-electron chi connectivity index (χ4n) is 2.55. The average Bonchev–Trinajstić information content (AvgIpc) is 2.88. The van der Waals surface area contributed by atoms with Crippen molar-refractivity contribution in [3.63, 3.8) is 0 Å². The van der Waals surface area contributed by atoms with Gasteiger partial charge in [-0.05, 0) is 36.6 Å². The molecule has 1 N–H and O–H groups in total. The van der Waals surface area contributed by atoms with Crippen LogP contribution in [0.4, 0.5) is 0 Å². The predicted molar refractivity (Wildman–Crippen MR) is 94.3 cm³/mol. The molecule has 0 amide bonds. The molecule has 0 saturated heterocycles. The van der Waals surface area contributed by atoms with Gasteiger partial charge in [0.25, 0.3) is 0 Å². The highest BCUT2D eigenvalue weighted by molar-refractivity contribution is 7.88. The summed E-state index contributed by atoms with van der Waals surface area (Å²) in [6, 6.07) is 13.2. The van der Waals surface area contributed by atoms with E-state index in [9.17, 15) is 8.42 Å². The number of oxazole rings is 1. The van der Waals surface area contributed by atoms with Crippen LogP contribution >= 0.6 is 0 Å². The van der Waals surface area contributed by atoms with Gasteiger partial charge in [0.05, 0.1) is 5.75 Å². The second-order valence-corrected chi connectivity index (χ2v) is 7.73. The van der Waals surface area contributed by atoms with Crippen molar-refractivity contribution in [1.82, 2.24) is 9.71 Å². The molecule has 1 aromatic heterocycles. The zero-order chi connectivity index (χ0) is 17.2. The first-order chi connectivity index (χ1) is 11.4. The summed E-state index contributed by atoms with van der Waals surface area (Å²) in [7, 11) is -3.34. The topological polar surface area (TPSA) is 72.2 Å². The summed E-state index contributed by atoms with van der Waals surface area (Å²) in [6.07, 6.45) is 0.606. The molecule has 0 aliphatic rings. The van der Waals surface area contributed by atoms with Gasteiger partial charge in [-0.15, -0.1) is 0 Å². The zero-order valence-corrected chi connectivity index (χ0v) is 14.6. The van der Waals surface area contributed by atoms with E-state index in [0.717, 1.165) is 27.8 Å². The van der Waals surface area contributed by atoms with Crippen LogP contribution in [0.3, 0.4) is 0 Å². The van der Waals surface area contributed by atoms with Crippen molar-refractivity contribution >= 4 is 21.1 Å². The Balaban J connectivity index is 1.58. The third-order valence-electron chi connectivity index (χ3n) is 3.77. The molecule has 0 aliphatic carbocycles. The molecular formula is C18H20N2O3S. The number of hydrogen-bond acceptors (Lipinski definition) is 4. The van der Waals surface area contributed by atoms with Gasteiger partial charge in [0.2, 0.25) is 10.0 Å². The van der Waals surface area contributed by atoms with Crippen LogP contribution in [-0.2, 0) is 22.2 Å². The molecule has 0 unspecified atom stereocenters. The molecule has 126 valence electrons. The molecular weight excluding hydrogens is 324 g/mol. The fourth-order valence-corrected chi connectivity index (χ4v) is 3.70. The molecule has 0 fully saturated rings. The Hall–Kier alpha value is -2.18. The van der Waals surface area contributed by atoms with Gasteiger partial charge < -0.3 is 4.42 Å². The van der Waals surface area contributed by atoms with Crippen LogP contribution in [0.1, 0.15) is 22.6 Å². The van der Waals surface area contributed by atoms with Gasteiger partial charge in [0.1, 0.15) is 5.52 Å². The summed E-state index contributed by atoms with van der Waals surface area (Å²) < 4.78 is 32.4. The van der Waals surface area contributed by atoms with Crippen LogP contribution in [0.15, 0.2) is 46.9 Å². The Morgan fingerprint density at radius 2 is 1.75 bits per heavy atom. The van der Waals surface area contributed by atoms with Crippen molar-refractivity contribution in [3.8, 4) is 0 Å². The van der Waals surface area contributed by atoms with Gasteiger partial charge in [0.15, 0.2) is 11.5 Å². The van der Waals surface area contributed by atoms with E-state index in [0.29, 0.717) is 18.9 Å². The molecule has 6 heteroatoms. The first-order valence-electron chi connectivity index (χ1n) is 7.80. The van der Waals surface area contributed by atoms with Crippen LogP contribution in [0.5, 0.6) is 0 Å². The number of sulfonamides is 1. The molecule has 3 rings (SSSR count). The van der Waals surface area contributed by atoms with E-state index < -0.39 is 10.0 Å². The Labute approximate surface area is 141 Å². The van der Waals surface area contributed by atoms with E-state index in [-0.39, 0.29) is 5.75 Å². The number of nitrogens with zero attached hydrogens (tertiary/aromatic N) is 1. The smallest absolute Gasteiger partial charge is 0.215 e. The summed E-state index contributed by atoms with van der Waals surface area (Å²) in [5.41, 5.74) is 4.47. The van der Waals surface area contributed by atoms with Gasteiger partial charge in [-0.1, -0.05) is 35.9 Å². The third kappa shape index (κ3) is 4.21. The SMILES string of the molecule is Cc1ccc(CS(=O)(=O)NCCc2ccc3oc(C)nc3c2)cc1. The Morgan fingerprint density at radius 3 is 2.50 bits per heavy atom. The molecule has 3 aromatic rings. The van der Waals surface area contributed by atoms with Gasteiger partial charge in [-0.25, -0.2) is 18.1 Å². The predicted octanol–water partition coefficient (Wildman–Crippen LogP) is 3.11. The molecule has 0 aliphatic heterocycles. The molecule has 5 nitrogen and oxygen atoms in total. The molecule has 0 atom stereocenters. The number of rotatable bonds is 6. The Morgan fingerprint density at radius 1 is 1.04 bits per heavy atom. The minimum absolute atomic E-state index is 0.00516. The maximum atomic E-state index is 12.2. The summed E-state index contributed by atoms with van der Waals surface area (Å²) in [5.74, 6) is 0.621. The van der Waals surface area contributed by atoms with Crippen molar-refractivity contribution in [3.05, 3.63) is 65.0 Å². The second-order valence-electron chi connectivity index (χ2n) is 5.92. The van der Waals surface area contributed by atoms with Crippen LogP contribution in [0.25, 0.3) is 11.1 Å². The number of aryl methyl sites for hydroxylation is 2. The summed E-state index contributed by atoms with van der Waals surface area (Å²) >= 11 is 0. The Kier molecular flexibility index (Phi) is 4.69. The largest absolute Gasteiger partial charge is 0.441 e. The first-order valence-corrected chi connectivity index (χ1v) is 9.45. The maximum absolute atomic E-state index is 12.2. The lowest BCUT2D eigenvalue weighted by atomic mass is 10.1. The number of hydrogen-bond donors (Lipinski definition) is 1. The van der Waals surface area contributed by atoms with Gasteiger partial charge in [-0.3, -0.25) is 0 Å². The monoisotopic (exact) mass is 344 g/mol. The number of nitrogens with one attached hydrogen (secondary N) is 1. The lowest BCUT2D eigenvalue weighted by molar-refractivity contribution is 0.561. The maximum Gasteiger partial charge on any atom is 0.215 e. The van der Waals surface area contributed by atoms with Crippen molar-refractivity contribution in [1.29, 1.82) is 0 Å². The fraction of sp³-hybridized carbons (Fsp3) is 0.278. The quantitative estimate of drug-likeness (QED) is 0.746. The molecule has 0 radical (unpaired) electrons. The summed E-state index contributed by atoms with van der Waals surface area (Å²) in [4.78, 5) is 4.29. The van der Waals surface area contributed by atoms with E-state index in [4.69, 9.17) is 4.42 Å². The lowest BCUT2D eigenvalue weighted by Crippen LogP contribution is -2.27.